The van der Waals surface area contributed by atoms with Gasteiger partial charge in [0.1, 0.15) is 6.42 Å². The third kappa shape index (κ3) is 7.06. The van der Waals surface area contributed by atoms with Crippen LogP contribution in [0.3, 0.4) is 0 Å². The molecule has 0 amide bonds. The first kappa shape index (κ1) is 14.1. The van der Waals surface area contributed by atoms with Gasteiger partial charge < -0.3 is 32.8 Å². The van der Waals surface area contributed by atoms with E-state index in [0.29, 0.717) is 0 Å². The fourth-order valence-electron chi connectivity index (χ4n) is 0.461. The zero-order valence-corrected chi connectivity index (χ0v) is 8.54. The highest BCUT2D eigenvalue weighted by atomic mass is 16.7. The molecule has 0 spiro atoms. The molecule has 0 saturated heterocycles. The Hall–Kier alpha value is -2.92. The number of hydrazone groups is 2. The first-order valence-electron chi connectivity index (χ1n) is 3.97. The number of nitrogens with two attached hydrogens (primary N) is 4. The van der Waals surface area contributed by atoms with Gasteiger partial charge in [-0.25, -0.2) is 9.59 Å². The van der Waals surface area contributed by atoms with E-state index >= 15 is 0 Å². The summed E-state index contributed by atoms with van der Waals surface area (Å²) >= 11 is 0. The Balaban J connectivity index is 3.85. The quantitative estimate of drug-likeness (QED) is 0.0913. The molecular weight excluding hydrogens is 236 g/mol. The van der Waals surface area contributed by atoms with E-state index in [4.69, 9.17) is 23.2 Å². The Labute approximate surface area is 94.8 Å². The maximum atomic E-state index is 10.9. The summed E-state index contributed by atoms with van der Waals surface area (Å²) in [5.74, 6) is 6.80. The van der Waals surface area contributed by atoms with Crippen LogP contribution in [0.15, 0.2) is 10.2 Å². The number of carbonyl (C=O) groups is 2. The molecule has 0 aromatic carbocycles. The van der Waals surface area contributed by atoms with Gasteiger partial charge in [0.05, 0.1) is 0 Å². The summed E-state index contributed by atoms with van der Waals surface area (Å²) < 4.78 is 0. The van der Waals surface area contributed by atoms with Crippen LogP contribution in [0.25, 0.3) is 0 Å². The number of rotatable bonds is 2. The van der Waals surface area contributed by atoms with Gasteiger partial charge in [0.15, 0.2) is 0 Å². The molecule has 0 saturated carbocycles. The summed E-state index contributed by atoms with van der Waals surface area (Å²) in [7, 11) is 0. The molecule has 0 aliphatic rings. The number of carbonyl (C=O) groups excluding carboxylic acids is 2. The Morgan fingerprint density at radius 1 is 0.941 bits per heavy atom. The van der Waals surface area contributed by atoms with Crippen LogP contribution in [0, 0.1) is 0 Å². The number of hydrogen-bond acceptors (Lipinski definition) is 8. The van der Waals surface area contributed by atoms with Crippen LogP contribution in [-0.4, -0.2) is 23.9 Å². The molecule has 10 N–H and O–H groups in total. The molecule has 0 aliphatic heterocycles. The standard InChI is InChI=1S/C5H12N8O4/c6-4(10-8)12-16-2(14)1-3(15)17-13-5(7)11-9/h1,8-9H2,(H3,6,10,12)(H3,7,11,13). The highest BCUT2D eigenvalue weighted by Gasteiger charge is 2.13. The summed E-state index contributed by atoms with van der Waals surface area (Å²) in [4.78, 5) is 30.4. The van der Waals surface area contributed by atoms with Gasteiger partial charge in [0.2, 0.25) is 11.9 Å². The highest BCUT2D eigenvalue weighted by Crippen LogP contribution is 1.86. The fourth-order valence-corrected chi connectivity index (χ4v) is 0.461. The number of guanidine groups is 2. The number of nitrogens with zero attached hydrogens (tertiary/aromatic N) is 2. The van der Waals surface area contributed by atoms with Crippen LogP contribution < -0.4 is 34.1 Å². The lowest BCUT2D eigenvalue weighted by atomic mass is 10.4. The monoisotopic (exact) mass is 248 g/mol. The van der Waals surface area contributed by atoms with Crippen LogP contribution in [0.1, 0.15) is 6.42 Å². The number of hydrogen-bond donors (Lipinski definition) is 6. The summed E-state index contributed by atoms with van der Waals surface area (Å²) in [6.45, 7) is 0. The second kappa shape index (κ2) is 7.38. The molecular formula is C5H12N8O4. The minimum atomic E-state index is -0.980. The van der Waals surface area contributed by atoms with Gasteiger partial charge in [0, 0.05) is 0 Å². The largest absolute Gasteiger partial charge is 0.366 e. The average molecular weight is 248 g/mol. The molecule has 0 fully saturated rings. The van der Waals surface area contributed by atoms with E-state index in [1.54, 1.807) is 0 Å². The summed E-state index contributed by atoms with van der Waals surface area (Å²) in [5, 5.41) is 5.88. The van der Waals surface area contributed by atoms with Crippen molar-refractivity contribution in [3.05, 3.63) is 0 Å². The molecule has 0 unspecified atom stereocenters. The molecule has 0 radical (unpaired) electrons. The number of hydroxylamine groups is 2. The normalized spacial score (nSPS) is 11.5. The first-order valence-corrected chi connectivity index (χ1v) is 3.97. The molecule has 0 bridgehead atoms. The van der Waals surface area contributed by atoms with Crippen molar-refractivity contribution in [2.45, 2.75) is 6.42 Å². The smallest absolute Gasteiger partial charge is 0.343 e. The maximum Gasteiger partial charge on any atom is 0.343 e. The zero-order chi connectivity index (χ0) is 13.3. The molecule has 0 aromatic rings. The van der Waals surface area contributed by atoms with Gasteiger partial charge in [-0.05, 0) is 0 Å². The van der Waals surface area contributed by atoms with Crippen molar-refractivity contribution in [3.8, 4) is 0 Å². The van der Waals surface area contributed by atoms with E-state index in [9.17, 15) is 9.59 Å². The third-order valence-electron chi connectivity index (χ3n) is 1.11. The molecule has 0 atom stereocenters. The van der Waals surface area contributed by atoms with Crippen molar-refractivity contribution in [2.75, 3.05) is 0 Å². The van der Waals surface area contributed by atoms with Crippen molar-refractivity contribution in [2.24, 2.45) is 33.4 Å². The van der Waals surface area contributed by atoms with E-state index in [-0.39, 0.29) is 11.9 Å². The van der Waals surface area contributed by atoms with E-state index in [1.165, 1.54) is 0 Å². The van der Waals surface area contributed by atoms with Gasteiger partial charge in [0.25, 0.3) is 0 Å². The predicted octanol–water partition coefficient (Wildman–Crippen LogP) is -4.15. The topological polar surface area (TPSA) is 205 Å². The van der Waals surface area contributed by atoms with Crippen LogP contribution in [0.2, 0.25) is 0 Å². The molecule has 96 valence electrons. The van der Waals surface area contributed by atoms with Gasteiger partial charge in [-0.2, -0.15) is 11.0 Å². The Kier molecular flexibility index (Phi) is 6.11. The molecule has 12 heteroatoms. The van der Waals surface area contributed by atoms with Gasteiger partial charge in [-0.3, -0.25) is 0 Å². The van der Waals surface area contributed by atoms with E-state index in [0.717, 1.165) is 0 Å². The molecule has 0 aromatic heterocycles. The lowest BCUT2D eigenvalue weighted by Gasteiger charge is -2.05. The average Bonchev–Trinajstić information content (AvgIpc) is 2.32. The predicted molar refractivity (Wildman–Crippen MR) is 54.7 cm³/mol. The van der Waals surface area contributed by atoms with Crippen LogP contribution in [0.5, 0.6) is 0 Å². The van der Waals surface area contributed by atoms with Crippen LogP contribution in [0.4, 0.5) is 0 Å². The Morgan fingerprint density at radius 3 is 1.59 bits per heavy atom. The first-order chi connectivity index (χ1) is 7.99. The van der Waals surface area contributed by atoms with Gasteiger partial charge >= 0.3 is 11.9 Å². The van der Waals surface area contributed by atoms with Gasteiger partial charge in [-0.1, -0.05) is 0 Å². The third-order valence-corrected chi connectivity index (χ3v) is 1.11. The minimum Gasteiger partial charge on any atom is -0.366 e. The molecule has 0 aliphatic carbocycles. The SMILES string of the molecule is NN=C(N)NOC(=O)CC(=O)ONC(N)=NN. The highest BCUT2D eigenvalue weighted by molar-refractivity contribution is 5.92. The second-order valence-corrected chi connectivity index (χ2v) is 2.36. The minimum absolute atomic E-state index is 0.343. The maximum absolute atomic E-state index is 10.9. The zero-order valence-electron chi connectivity index (χ0n) is 8.54. The van der Waals surface area contributed by atoms with Crippen molar-refractivity contribution in [3.63, 3.8) is 0 Å². The van der Waals surface area contributed by atoms with Crippen LogP contribution >= 0.6 is 0 Å². The van der Waals surface area contributed by atoms with Crippen molar-refractivity contribution in [1.82, 2.24) is 11.0 Å². The molecule has 17 heavy (non-hydrogen) atoms. The number of nitrogens with one attached hydrogen (secondary N) is 2. The molecule has 12 nitrogen and oxygen atoms in total. The lowest BCUT2D eigenvalue weighted by molar-refractivity contribution is -0.159. The van der Waals surface area contributed by atoms with Gasteiger partial charge in [-0.15, -0.1) is 10.2 Å². The van der Waals surface area contributed by atoms with Crippen LogP contribution in [-0.2, 0) is 19.3 Å². The Bertz CT molecular complexity index is 307. The summed E-state index contributed by atoms with van der Waals surface area (Å²) in [6.07, 6.45) is -0.713. The summed E-state index contributed by atoms with van der Waals surface area (Å²) in [5.41, 5.74) is 13.8. The van der Waals surface area contributed by atoms with E-state index < -0.39 is 18.4 Å². The van der Waals surface area contributed by atoms with Crippen molar-refractivity contribution < 1.29 is 19.3 Å². The van der Waals surface area contributed by atoms with E-state index in [2.05, 4.69) is 19.9 Å². The summed E-state index contributed by atoms with van der Waals surface area (Å²) in [6, 6.07) is 0. The van der Waals surface area contributed by atoms with Crippen molar-refractivity contribution >= 4 is 23.9 Å². The molecule has 0 rings (SSSR count). The van der Waals surface area contributed by atoms with E-state index in [1.807, 2.05) is 11.0 Å². The Morgan fingerprint density at radius 2 is 1.29 bits per heavy atom. The fraction of sp³-hybridized carbons (Fsp3) is 0.200. The van der Waals surface area contributed by atoms with Crippen molar-refractivity contribution in [1.29, 1.82) is 0 Å². The molecule has 0 heterocycles. The second-order valence-electron chi connectivity index (χ2n) is 2.36. The lowest BCUT2D eigenvalue weighted by Crippen LogP contribution is -2.37.